The maximum Gasteiger partial charge on any atom is 0.191 e. The van der Waals surface area contributed by atoms with E-state index in [1.54, 1.807) is 0 Å². The van der Waals surface area contributed by atoms with Crippen LogP contribution in [0.3, 0.4) is 0 Å². The summed E-state index contributed by atoms with van der Waals surface area (Å²) in [6.45, 7) is 4.63. The first-order chi connectivity index (χ1) is 12.2. The minimum Gasteiger partial charge on any atom is -0.396 e. The van der Waals surface area contributed by atoms with Gasteiger partial charge in [-0.25, -0.2) is 4.39 Å². The Labute approximate surface area is 150 Å². The Balaban J connectivity index is 1.89. The molecular weight excluding hydrogens is 317 g/mol. The molecule has 0 atom stereocenters. The highest BCUT2D eigenvalue weighted by Gasteiger charge is 2.31. The Morgan fingerprint density at radius 3 is 2.52 bits per heavy atom. The van der Waals surface area contributed by atoms with Crippen LogP contribution in [0.15, 0.2) is 29.3 Å². The van der Waals surface area contributed by atoms with Crippen molar-refractivity contribution in [3.05, 3.63) is 35.6 Å². The summed E-state index contributed by atoms with van der Waals surface area (Å²) in [5, 5.41) is 16.1. The van der Waals surface area contributed by atoms with Crippen molar-refractivity contribution in [1.82, 2.24) is 10.6 Å². The standard InChI is InChI=1S/C20H32FN3O/c1-2-22-19(23-14-10-17-6-8-18(21)9-7-17)24-16-20(13-15-25)11-4-3-5-12-20/h6-9,25H,2-5,10-16H2,1H3,(H2,22,23,24). The second kappa shape index (κ2) is 10.4. The van der Waals surface area contributed by atoms with Gasteiger partial charge in [0.15, 0.2) is 5.96 Å². The smallest absolute Gasteiger partial charge is 0.191 e. The maximum absolute atomic E-state index is 13.0. The van der Waals surface area contributed by atoms with Gasteiger partial charge in [0.25, 0.3) is 0 Å². The number of hydrogen-bond donors (Lipinski definition) is 3. The van der Waals surface area contributed by atoms with Crippen molar-refractivity contribution < 1.29 is 9.50 Å². The normalized spacial score (nSPS) is 17.3. The van der Waals surface area contributed by atoms with Gasteiger partial charge in [-0.15, -0.1) is 0 Å². The van der Waals surface area contributed by atoms with Crippen LogP contribution in [0, 0.1) is 11.2 Å². The van der Waals surface area contributed by atoms with Gasteiger partial charge in [0.1, 0.15) is 5.82 Å². The number of halogens is 1. The van der Waals surface area contributed by atoms with E-state index in [1.807, 2.05) is 12.1 Å². The van der Waals surface area contributed by atoms with E-state index in [9.17, 15) is 9.50 Å². The lowest BCUT2D eigenvalue weighted by Gasteiger charge is -2.35. The van der Waals surface area contributed by atoms with Crippen LogP contribution in [0.4, 0.5) is 4.39 Å². The molecule has 0 bridgehead atoms. The summed E-state index contributed by atoms with van der Waals surface area (Å²) >= 11 is 0. The second-order valence-electron chi connectivity index (χ2n) is 7.03. The molecule has 1 aliphatic carbocycles. The molecule has 1 fully saturated rings. The van der Waals surface area contributed by atoms with Crippen molar-refractivity contribution in [3.63, 3.8) is 0 Å². The largest absolute Gasteiger partial charge is 0.396 e. The van der Waals surface area contributed by atoms with Crippen LogP contribution < -0.4 is 10.6 Å². The third-order valence-corrected chi connectivity index (χ3v) is 5.09. The van der Waals surface area contributed by atoms with Crippen molar-refractivity contribution in [2.45, 2.75) is 51.9 Å². The minimum atomic E-state index is -0.201. The molecule has 1 aromatic carbocycles. The van der Waals surface area contributed by atoms with E-state index in [1.165, 1.54) is 31.4 Å². The molecule has 0 radical (unpaired) electrons. The molecule has 5 heteroatoms. The lowest BCUT2D eigenvalue weighted by molar-refractivity contribution is 0.137. The zero-order valence-electron chi connectivity index (χ0n) is 15.4. The first kappa shape index (κ1) is 19.7. The third kappa shape index (κ3) is 6.65. The predicted octanol–water partition coefficient (Wildman–Crippen LogP) is 3.26. The first-order valence-corrected chi connectivity index (χ1v) is 9.55. The second-order valence-corrected chi connectivity index (χ2v) is 7.03. The van der Waals surface area contributed by atoms with Crippen LogP contribution in [-0.4, -0.2) is 37.3 Å². The fourth-order valence-corrected chi connectivity index (χ4v) is 3.59. The van der Waals surface area contributed by atoms with Crippen molar-refractivity contribution in [3.8, 4) is 0 Å². The van der Waals surface area contributed by atoms with Crippen LogP contribution in [-0.2, 0) is 6.42 Å². The Hall–Kier alpha value is -1.62. The molecule has 0 heterocycles. The molecule has 0 unspecified atom stereocenters. The average Bonchev–Trinajstić information content (AvgIpc) is 2.62. The Morgan fingerprint density at radius 1 is 1.16 bits per heavy atom. The van der Waals surface area contributed by atoms with Crippen LogP contribution in [0.2, 0.25) is 0 Å². The molecule has 1 aromatic rings. The summed E-state index contributed by atoms with van der Waals surface area (Å²) in [6.07, 6.45) is 7.76. The molecule has 4 nitrogen and oxygen atoms in total. The summed E-state index contributed by atoms with van der Waals surface area (Å²) in [7, 11) is 0. The highest BCUT2D eigenvalue weighted by molar-refractivity contribution is 5.79. The molecule has 0 saturated heterocycles. The molecule has 0 amide bonds. The van der Waals surface area contributed by atoms with Crippen molar-refractivity contribution in [2.75, 3.05) is 26.2 Å². The maximum atomic E-state index is 13.0. The number of nitrogens with zero attached hydrogens (tertiary/aromatic N) is 1. The number of aliphatic hydroxyl groups is 1. The van der Waals surface area contributed by atoms with E-state index in [0.717, 1.165) is 56.8 Å². The topological polar surface area (TPSA) is 56.7 Å². The molecule has 25 heavy (non-hydrogen) atoms. The highest BCUT2D eigenvalue weighted by Crippen LogP contribution is 2.39. The number of guanidine groups is 1. The molecule has 0 aliphatic heterocycles. The summed E-state index contributed by atoms with van der Waals surface area (Å²) in [5.41, 5.74) is 1.26. The molecule has 1 aliphatic rings. The van der Waals surface area contributed by atoms with E-state index in [0.29, 0.717) is 0 Å². The number of hydrogen-bond acceptors (Lipinski definition) is 2. The number of benzene rings is 1. The van der Waals surface area contributed by atoms with Crippen LogP contribution in [0.5, 0.6) is 0 Å². The first-order valence-electron chi connectivity index (χ1n) is 9.55. The molecule has 0 aromatic heterocycles. The third-order valence-electron chi connectivity index (χ3n) is 5.09. The number of nitrogens with one attached hydrogen (secondary N) is 2. The number of aliphatic hydroxyl groups excluding tert-OH is 1. The summed E-state index contributed by atoms with van der Waals surface area (Å²) in [6, 6.07) is 6.63. The van der Waals surface area contributed by atoms with E-state index >= 15 is 0 Å². The van der Waals surface area contributed by atoms with Gasteiger partial charge >= 0.3 is 0 Å². The summed E-state index contributed by atoms with van der Waals surface area (Å²) in [4.78, 5) is 4.80. The Morgan fingerprint density at radius 2 is 1.88 bits per heavy atom. The molecular formula is C20H32FN3O. The summed E-state index contributed by atoms with van der Waals surface area (Å²) < 4.78 is 13.0. The highest BCUT2D eigenvalue weighted by atomic mass is 19.1. The lowest BCUT2D eigenvalue weighted by Crippen LogP contribution is -2.40. The molecule has 2 rings (SSSR count). The van der Waals surface area contributed by atoms with E-state index in [2.05, 4.69) is 17.6 Å². The van der Waals surface area contributed by atoms with Gasteiger partial charge in [0.2, 0.25) is 0 Å². The fraction of sp³-hybridized carbons (Fsp3) is 0.650. The lowest BCUT2D eigenvalue weighted by atomic mass is 9.72. The van der Waals surface area contributed by atoms with Gasteiger partial charge in [0, 0.05) is 26.2 Å². The zero-order valence-corrected chi connectivity index (χ0v) is 15.4. The van der Waals surface area contributed by atoms with Crippen LogP contribution >= 0.6 is 0 Å². The quantitative estimate of drug-likeness (QED) is 0.499. The summed E-state index contributed by atoms with van der Waals surface area (Å²) in [5.74, 6) is 0.626. The zero-order chi connectivity index (χ0) is 18.0. The van der Waals surface area contributed by atoms with E-state index in [4.69, 9.17) is 4.99 Å². The average molecular weight is 349 g/mol. The molecule has 1 saturated carbocycles. The van der Waals surface area contributed by atoms with E-state index < -0.39 is 0 Å². The van der Waals surface area contributed by atoms with Crippen molar-refractivity contribution in [2.24, 2.45) is 10.4 Å². The minimum absolute atomic E-state index is 0.159. The van der Waals surface area contributed by atoms with Gasteiger partial charge in [-0.1, -0.05) is 31.4 Å². The molecule has 3 N–H and O–H groups in total. The number of aliphatic imine (C=N–C) groups is 1. The van der Waals surface area contributed by atoms with E-state index in [-0.39, 0.29) is 17.8 Å². The van der Waals surface area contributed by atoms with Gasteiger partial charge < -0.3 is 15.7 Å². The van der Waals surface area contributed by atoms with Crippen molar-refractivity contribution >= 4 is 5.96 Å². The van der Waals surface area contributed by atoms with Crippen LogP contribution in [0.25, 0.3) is 0 Å². The Bertz CT molecular complexity index is 519. The monoisotopic (exact) mass is 349 g/mol. The molecule has 0 spiro atoms. The Kier molecular flexibility index (Phi) is 8.19. The van der Waals surface area contributed by atoms with Gasteiger partial charge in [-0.3, -0.25) is 4.99 Å². The van der Waals surface area contributed by atoms with Gasteiger partial charge in [-0.2, -0.15) is 0 Å². The van der Waals surface area contributed by atoms with Gasteiger partial charge in [-0.05, 0) is 55.7 Å². The molecule has 140 valence electrons. The number of rotatable bonds is 8. The SMILES string of the molecule is CCNC(=NCC1(CCO)CCCCC1)NCCc1ccc(F)cc1. The predicted molar refractivity (Wildman–Crippen MR) is 101 cm³/mol. The van der Waals surface area contributed by atoms with Crippen molar-refractivity contribution in [1.29, 1.82) is 0 Å². The fourth-order valence-electron chi connectivity index (χ4n) is 3.59. The van der Waals surface area contributed by atoms with Gasteiger partial charge in [0.05, 0.1) is 0 Å². The van der Waals surface area contributed by atoms with Crippen LogP contribution in [0.1, 0.15) is 51.0 Å².